The molecule has 6 heteroatoms. The number of anilines is 2. The molecule has 0 unspecified atom stereocenters. The predicted octanol–water partition coefficient (Wildman–Crippen LogP) is 1.00. The van der Waals surface area contributed by atoms with Gasteiger partial charge in [0.1, 0.15) is 0 Å². The molecule has 3 N–H and O–H groups in total. The van der Waals surface area contributed by atoms with E-state index in [9.17, 15) is 4.79 Å². The molecule has 0 radical (unpaired) electrons. The van der Waals surface area contributed by atoms with Crippen LogP contribution in [0.1, 0.15) is 5.56 Å². The van der Waals surface area contributed by atoms with Crippen molar-refractivity contribution in [1.29, 1.82) is 5.26 Å². The van der Waals surface area contributed by atoms with Crippen LogP contribution in [0.5, 0.6) is 0 Å². The largest absolute Gasteiger partial charge is 0.397 e. The molecule has 1 aliphatic rings. The molecule has 0 bridgehead atoms. The second kappa shape index (κ2) is 5.38. The minimum atomic E-state index is -0.199. The number of morpholine rings is 1. The smallest absolute Gasteiger partial charge is 0.322 e. The van der Waals surface area contributed by atoms with Crippen LogP contribution in [0.3, 0.4) is 0 Å². The maximum Gasteiger partial charge on any atom is 0.322 e. The van der Waals surface area contributed by atoms with Gasteiger partial charge in [-0.25, -0.2) is 4.79 Å². The summed E-state index contributed by atoms with van der Waals surface area (Å²) in [5.41, 5.74) is 7.14. The lowest BCUT2D eigenvalue weighted by molar-refractivity contribution is 0.0564. The van der Waals surface area contributed by atoms with Crippen LogP contribution in [0.4, 0.5) is 16.2 Å². The number of amides is 2. The van der Waals surface area contributed by atoms with E-state index >= 15 is 0 Å². The van der Waals surface area contributed by atoms with Crippen LogP contribution in [0.25, 0.3) is 0 Å². The van der Waals surface area contributed by atoms with Crippen LogP contribution >= 0.6 is 0 Å². The van der Waals surface area contributed by atoms with E-state index in [-0.39, 0.29) is 6.03 Å². The van der Waals surface area contributed by atoms with Crippen molar-refractivity contribution in [2.45, 2.75) is 0 Å². The second-order valence-electron chi connectivity index (χ2n) is 3.94. The van der Waals surface area contributed by atoms with E-state index in [1.807, 2.05) is 6.07 Å². The van der Waals surface area contributed by atoms with Gasteiger partial charge in [-0.3, -0.25) is 0 Å². The fourth-order valence-corrected chi connectivity index (χ4v) is 1.71. The first kappa shape index (κ1) is 12.2. The molecule has 0 aliphatic carbocycles. The van der Waals surface area contributed by atoms with Crippen molar-refractivity contribution in [2.24, 2.45) is 0 Å². The van der Waals surface area contributed by atoms with Gasteiger partial charge < -0.3 is 20.7 Å². The maximum absolute atomic E-state index is 11.9. The second-order valence-corrected chi connectivity index (χ2v) is 3.94. The van der Waals surface area contributed by atoms with Crippen molar-refractivity contribution in [3.05, 3.63) is 23.8 Å². The average molecular weight is 246 g/mol. The lowest BCUT2D eigenvalue weighted by atomic mass is 10.2. The van der Waals surface area contributed by atoms with Gasteiger partial charge in [0.05, 0.1) is 36.2 Å². The Bertz CT molecular complexity index is 489. The lowest BCUT2D eigenvalue weighted by Gasteiger charge is -2.27. The van der Waals surface area contributed by atoms with Gasteiger partial charge in [0.25, 0.3) is 0 Å². The number of nitrogen functional groups attached to an aromatic ring is 1. The van der Waals surface area contributed by atoms with Gasteiger partial charge in [-0.2, -0.15) is 5.26 Å². The molecule has 1 aromatic carbocycles. The molecule has 2 rings (SSSR count). The van der Waals surface area contributed by atoms with Crippen LogP contribution in [0, 0.1) is 11.3 Å². The van der Waals surface area contributed by atoms with E-state index in [4.69, 9.17) is 15.7 Å². The Kier molecular flexibility index (Phi) is 3.65. The molecular weight excluding hydrogens is 232 g/mol. The van der Waals surface area contributed by atoms with Crippen LogP contribution in [-0.4, -0.2) is 37.2 Å². The average Bonchev–Trinajstić information content (AvgIpc) is 2.42. The van der Waals surface area contributed by atoms with E-state index in [1.165, 1.54) is 6.07 Å². The predicted molar refractivity (Wildman–Crippen MR) is 67.0 cm³/mol. The Labute approximate surface area is 105 Å². The van der Waals surface area contributed by atoms with Gasteiger partial charge in [0, 0.05) is 13.1 Å². The number of carbonyl (C=O) groups is 1. The third kappa shape index (κ3) is 2.70. The molecular formula is C12H14N4O2. The van der Waals surface area contributed by atoms with E-state index < -0.39 is 0 Å². The van der Waals surface area contributed by atoms with Crippen LogP contribution < -0.4 is 11.1 Å². The van der Waals surface area contributed by atoms with Crippen molar-refractivity contribution >= 4 is 17.4 Å². The molecule has 0 spiro atoms. The van der Waals surface area contributed by atoms with E-state index in [1.54, 1.807) is 17.0 Å². The number of hydrogen-bond donors (Lipinski definition) is 2. The number of carbonyl (C=O) groups excluding carboxylic acids is 1. The minimum Gasteiger partial charge on any atom is -0.397 e. The summed E-state index contributed by atoms with van der Waals surface area (Å²) in [6.07, 6.45) is 0. The normalized spacial score (nSPS) is 14.9. The summed E-state index contributed by atoms with van der Waals surface area (Å²) >= 11 is 0. The number of rotatable bonds is 1. The fourth-order valence-electron chi connectivity index (χ4n) is 1.71. The van der Waals surface area contributed by atoms with Gasteiger partial charge >= 0.3 is 6.03 Å². The molecule has 6 nitrogen and oxygen atoms in total. The Morgan fingerprint density at radius 3 is 2.78 bits per heavy atom. The summed E-state index contributed by atoms with van der Waals surface area (Å²) in [6.45, 7) is 2.25. The highest BCUT2D eigenvalue weighted by molar-refractivity contribution is 5.92. The Morgan fingerprint density at radius 2 is 2.17 bits per heavy atom. The number of nitrogens with one attached hydrogen (secondary N) is 1. The zero-order valence-corrected chi connectivity index (χ0v) is 9.85. The minimum absolute atomic E-state index is 0.199. The zero-order valence-electron chi connectivity index (χ0n) is 9.85. The molecule has 0 aromatic heterocycles. The van der Waals surface area contributed by atoms with E-state index in [0.717, 1.165) is 0 Å². The highest BCUT2D eigenvalue weighted by Crippen LogP contribution is 2.20. The number of hydrogen-bond acceptors (Lipinski definition) is 4. The topological polar surface area (TPSA) is 91.4 Å². The number of nitrogens with two attached hydrogens (primary N) is 1. The highest BCUT2D eigenvalue weighted by Gasteiger charge is 2.17. The molecule has 94 valence electrons. The third-order valence-corrected chi connectivity index (χ3v) is 2.72. The SMILES string of the molecule is N#Cc1ccc(NC(=O)N2CCOCC2)c(N)c1. The Morgan fingerprint density at radius 1 is 1.44 bits per heavy atom. The van der Waals surface area contributed by atoms with Crippen molar-refractivity contribution in [1.82, 2.24) is 4.90 Å². The van der Waals surface area contributed by atoms with Gasteiger partial charge in [0.15, 0.2) is 0 Å². The van der Waals surface area contributed by atoms with Gasteiger partial charge in [0.2, 0.25) is 0 Å². The molecule has 18 heavy (non-hydrogen) atoms. The Hall–Kier alpha value is -2.26. The first-order valence-corrected chi connectivity index (χ1v) is 5.64. The summed E-state index contributed by atoms with van der Waals surface area (Å²) < 4.78 is 5.17. The number of benzene rings is 1. The van der Waals surface area contributed by atoms with Crippen LogP contribution in [-0.2, 0) is 4.74 Å². The van der Waals surface area contributed by atoms with Crippen molar-refractivity contribution < 1.29 is 9.53 Å². The monoisotopic (exact) mass is 246 g/mol. The standard InChI is InChI=1S/C12H14N4O2/c13-8-9-1-2-11(10(14)7-9)15-12(17)16-3-5-18-6-4-16/h1-2,7H,3-6,14H2,(H,15,17). The first-order valence-electron chi connectivity index (χ1n) is 5.64. The summed E-state index contributed by atoms with van der Waals surface area (Å²) in [6, 6.07) is 6.58. The molecule has 1 fully saturated rings. The number of ether oxygens (including phenoxy) is 1. The number of urea groups is 1. The van der Waals surface area contributed by atoms with Crippen LogP contribution in [0.2, 0.25) is 0 Å². The molecule has 0 atom stereocenters. The number of nitrogens with zero attached hydrogens (tertiary/aromatic N) is 2. The zero-order chi connectivity index (χ0) is 13.0. The van der Waals surface area contributed by atoms with Crippen molar-refractivity contribution in [2.75, 3.05) is 37.4 Å². The lowest BCUT2D eigenvalue weighted by Crippen LogP contribution is -2.43. The molecule has 1 aliphatic heterocycles. The summed E-state index contributed by atoms with van der Waals surface area (Å²) in [4.78, 5) is 13.6. The Balaban J connectivity index is 2.04. The van der Waals surface area contributed by atoms with E-state index in [2.05, 4.69) is 5.32 Å². The molecule has 1 saturated heterocycles. The quantitative estimate of drug-likeness (QED) is 0.723. The van der Waals surface area contributed by atoms with Crippen molar-refractivity contribution in [3.63, 3.8) is 0 Å². The molecule has 1 heterocycles. The molecule has 1 aromatic rings. The molecule has 2 amide bonds. The number of nitriles is 1. The van der Waals surface area contributed by atoms with Crippen LogP contribution in [0.15, 0.2) is 18.2 Å². The summed E-state index contributed by atoms with van der Waals surface area (Å²) in [5.74, 6) is 0. The summed E-state index contributed by atoms with van der Waals surface area (Å²) in [7, 11) is 0. The molecule has 0 saturated carbocycles. The van der Waals surface area contributed by atoms with E-state index in [0.29, 0.717) is 43.2 Å². The van der Waals surface area contributed by atoms with Gasteiger partial charge in [-0.05, 0) is 18.2 Å². The maximum atomic E-state index is 11.9. The fraction of sp³-hybridized carbons (Fsp3) is 0.333. The first-order chi connectivity index (χ1) is 8.70. The third-order valence-electron chi connectivity index (χ3n) is 2.72. The summed E-state index contributed by atoms with van der Waals surface area (Å²) in [5, 5.41) is 11.5. The van der Waals surface area contributed by atoms with Gasteiger partial charge in [-0.15, -0.1) is 0 Å². The van der Waals surface area contributed by atoms with Gasteiger partial charge in [-0.1, -0.05) is 0 Å². The highest BCUT2D eigenvalue weighted by atomic mass is 16.5. The van der Waals surface area contributed by atoms with Crippen molar-refractivity contribution in [3.8, 4) is 6.07 Å².